The lowest BCUT2D eigenvalue weighted by Gasteiger charge is -2.17. The molecular formula is C16H18N2O4S2. The second-order valence-electron chi connectivity index (χ2n) is 5.68. The average Bonchev–Trinajstić information content (AvgIpc) is 2.96. The Morgan fingerprint density at radius 3 is 2.88 bits per heavy atom. The van der Waals surface area contributed by atoms with Crippen molar-refractivity contribution < 1.29 is 17.6 Å². The van der Waals surface area contributed by atoms with Crippen molar-refractivity contribution in [3.8, 4) is 0 Å². The fourth-order valence-corrected chi connectivity index (χ4v) is 4.69. The zero-order valence-electron chi connectivity index (χ0n) is 13.4. The summed E-state index contributed by atoms with van der Waals surface area (Å²) in [5, 5.41) is 2.94. The lowest BCUT2D eigenvalue weighted by Crippen LogP contribution is -2.26. The number of hydrogen-bond donors (Lipinski definition) is 1. The van der Waals surface area contributed by atoms with Crippen molar-refractivity contribution in [2.75, 3.05) is 12.4 Å². The molecule has 2 aromatic rings. The molecule has 1 aromatic carbocycles. The topological polar surface area (TPSA) is 79.6 Å². The van der Waals surface area contributed by atoms with Crippen LogP contribution in [-0.2, 0) is 21.4 Å². The molecule has 1 amide bonds. The molecule has 0 fully saturated rings. The van der Waals surface area contributed by atoms with Gasteiger partial charge in [-0.25, -0.2) is 8.42 Å². The molecule has 1 unspecified atom stereocenters. The molecule has 1 aromatic heterocycles. The van der Waals surface area contributed by atoms with Crippen molar-refractivity contribution in [1.29, 1.82) is 0 Å². The van der Waals surface area contributed by atoms with Gasteiger partial charge in [-0.1, -0.05) is 6.92 Å². The zero-order valence-corrected chi connectivity index (χ0v) is 15.0. The Morgan fingerprint density at radius 1 is 1.38 bits per heavy atom. The van der Waals surface area contributed by atoms with E-state index in [1.54, 1.807) is 36.0 Å². The normalized spacial score (nSPS) is 18.1. The van der Waals surface area contributed by atoms with Gasteiger partial charge in [0.25, 0.3) is 0 Å². The molecule has 0 spiro atoms. The van der Waals surface area contributed by atoms with E-state index in [1.807, 2.05) is 6.92 Å². The van der Waals surface area contributed by atoms with E-state index in [4.69, 9.17) is 4.42 Å². The van der Waals surface area contributed by atoms with Crippen LogP contribution in [0.2, 0.25) is 0 Å². The third kappa shape index (κ3) is 3.50. The second kappa shape index (κ2) is 6.62. The second-order valence-corrected chi connectivity index (χ2v) is 9.20. The molecule has 8 heteroatoms. The Bertz CT molecular complexity index is 847. The van der Waals surface area contributed by atoms with E-state index >= 15 is 0 Å². The van der Waals surface area contributed by atoms with E-state index in [-0.39, 0.29) is 22.6 Å². The van der Waals surface area contributed by atoms with Gasteiger partial charge >= 0.3 is 0 Å². The van der Waals surface area contributed by atoms with Crippen LogP contribution in [0.25, 0.3) is 0 Å². The van der Waals surface area contributed by atoms with Crippen molar-refractivity contribution in [2.45, 2.75) is 34.9 Å². The number of nitrogens with zero attached hydrogens (tertiary/aromatic N) is 1. The Labute approximate surface area is 145 Å². The molecule has 2 heterocycles. The Morgan fingerprint density at radius 2 is 2.17 bits per heavy atom. The quantitative estimate of drug-likeness (QED) is 0.900. The van der Waals surface area contributed by atoms with E-state index in [2.05, 4.69) is 5.32 Å². The molecule has 3 rings (SSSR count). The van der Waals surface area contributed by atoms with Gasteiger partial charge < -0.3 is 9.73 Å². The number of rotatable bonds is 4. The summed E-state index contributed by atoms with van der Waals surface area (Å²) in [4.78, 5) is 12.9. The average molecular weight is 366 g/mol. The predicted molar refractivity (Wildman–Crippen MR) is 92.4 cm³/mol. The molecule has 0 bridgehead atoms. The van der Waals surface area contributed by atoms with Crippen LogP contribution in [-0.4, -0.2) is 30.9 Å². The molecular weight excluding hydrogens is 348 g/mol. The van der Waals surface area contributed by atoms with Gasteiger partial charge in [-0.05, 0) is 30.3 Å². The summed E-state index contributed by atoms with van der Waals surface area (Å²) < 4.78 is 31.9. The number of thioether (sulfide) groups is 1. The first-order valence-electron chi connectivity index (χ1n) is 7.45. The summed E-state index contributed by atoms with van der Waals surface area (Å²) in [5.74, 6) is 0.459. The highest BCUT2D eigenvalue weighted by atomic mass is 32.2. The Kier molecular flexibility index (Phi) is 4.71. The van der Waals surface area contributed by atoms with Crippen LogP contribution in [0, 0.1) is 0 Å². The van der Waals surface area contributed by atoms with Crippen molar-refractivity contribution in [1.82, 2.24) is 4.31 Å². The summed E-state index contributed by atoms with van der Waals surface area (Å²) in [5.41, 5.74) is 0.543. The van der Waals surface area contributed by atoms with Gasteiger partial charge in [0.2, 0.25) is 15.9 Å². The standard InChI is InChI=1S/C16H18N2O4S2/c1-11-8-16(19)17-14-9-13(5-6-15(14)23-11)24(20,21)18(2)10-12-4-3-7-22-12/h3-7,9,11H,8,10H2,1-2H3,(H,17,19). The lowest BCUT2D eigenvalue weighted by atomic mass is 10.3. The number of benzene rings is 1. The highest BCUT2D eigenvalue weighted by Gasteiger charge is 2.25. The first kappa shape index (κ1) is 17.1. The maximum absolute atomic E-state index is 12.7. The van der Waals surface area contributed by atoms with Crippen LogP contribution < -0.4 is 5.32 Å². The number of anilines is 1. The summed E-state index contributed by atoms with van der Waals surface area (Å²) in [6.45, 7) is 2.12. The smallest absolute Gasteiger partial charge is 0.243 e. The SMILES string of the molecule is CC1CC(=O)Nc2cc(S(=O)(=O)N(C)Cc3ccco3)ccc2S1. The molecule has 0 saturated carbocycles. The van der Waals surface area contributed by atoms with E-state index in [1.165, 1.54) is 23.7 Å². The van der Waals surface area contributed by atoms with E-state index < -0.39 is 10.0 Å². The minimum absolute atomic E-state index is 0.104. The summed E-state index contributed by atoms with van der Waals surface area (Å²) in [6, 6.07) is 8.28. The number of sulfonamides is 1. The number of nitrogens with one attached hydrogen (secondary N) is 1. The van der Waals surface area contributed by atoms with Crippen molar-refractivity contribution >= 4 is 33.4 Å². The molecule has 0 saturated heterocycles. The first-order valence-corrected chi connectivity index (χ1v) is 9.77. The zero-order chi connectivity index (χ0) is 17.3. The number of amides is 1. The van der Waals surface area contributed by atoms with Gasteiger partial charge in [0.05, 0.1) is 23.4 Å². The molecule has 6 nitrogen and oxygen atoms in total. The van der Waals surface area contributed by atoms with Crippen LogP contribution in [0.5, 0.6) is 0 Å². The fraction of sp³-hybridized carbons (Fsp3) is 0.312. The predicted octanol–water partition coefficient (Wildman–Crippen LogP) is 2.92. The largest absolute Gasteiger partial charge is 0.468 e. The van der Waals surface area contributed by atoms with Crippen LogP contribution >= 0.6 is 11.8 Å². The number of carbonyl (C=O) groups is 1. The van der Waals surface area contributed by atoms with Gasteiger partial charge in [0.1, 0.15) is 5.76 Å². The number of carbonyl (C=O) groups excluding carboxylic acids is 1. The molecule has 1 atom stereocenters. The highest BCUT2D eigenvalue weighted by Crippen LogP contribution is 2.36. The summed E-state index contributed by atoms with van der Waals surface area (Å²) >= 11 is 1.56. The Balaban J connectivity index is 1.90. The van der Waals surface area contributed by atoms with Crippen molar-refractivity contribution in [3.63, 3.8) is 0 Å². The van der Waals surface area contributed by atoms with E-state index in [0.717, 1.165) is 4.90 Å². The fourth-order valence-electron chi connectivity index (χ4n) is 2.48. The molecule has 24 heavy (non-hydrogen) atoms. The van der Waals surface area contributed by atoms with Crippen molar-refractivity contribution in [3.05, 3.63) is 42.4 Å². The van der Waals surface area contributed by atoms with Gasteiger partial charge in [-0.2, -0.15) is 4.31 Å². The summed E-state index contributed by atoms with van der Waals surface area (Å²) in [7, 11) is -2.18. The lowest BCUT2D eigenvalue weighted by molar-refractivity contribution is -0.116. The molecule has 1 aliphatic rings. The van der Waals surface area contributed by atoms with E-state index in [9.17, 15) is 13.2 Å². The van der Waals surface area contributed by atoms with Crippen molar-refractivity contribution in [2.24, 2.45) is 0 Å². The van der Waals surface area contributed by atoms with Gasteiger partial charge in [0, 0.05) is 23.6 Å². The first-order chi connectivity index (χ1) is 11.4. The third-order valence-corrected chi connectivity index (χ3v) is 6.67. The number of furan rings is 1. The van der Waals surface area contributed by atoms with Crippen LogP contribution in [0.4, 0.5) is 5.69 Å². The third-order valence-electron chi connectivity index (χ3n) is 3.69. The van der Waals surface area contributed by atoms with Gasteiger partial charge in [-0.15, -0.1) is 11.8 Å². The minimum Gasteiger partial charge on any atom is -0.468 e. The summed E-state index contributed by atoms with van der Waals surface area (Å²) in [6.07, 6.45) is 1.91. The number of hydrogen-bond acceptors (Lipinski definition) is 5. The maximum atomic E-state index is 12.7. The monoisotopic (exact) mass is 366 g/mol. The molecule has 0 radical (unpaired) electrons. The molecule has 0 aliphatic carbocycles. The molecule has 1 aliphatic heterocycles. The van der Waals surface area contributed by atoms with Crippen LogP contribution in [0.3, 0.4) is 0 Å². The minimum atomic E-state index is -3.68. The number of fused-ring (bicyclic) bond motifs is 1. The van der Waals surface area contributed by atoms with E-state index in [0.29, 0.717) is 17.9 Å². The Hall–Kier alpha value is -1.77. The maximum Gasteiger partial charge on any atom is 0.243 e. The highest BCUT2D eigenvalue weighted by molar-refractivity contribution is 8.00. The van der Waals surface area contributed by atoms with Gasteiger partial charge in [-0.3, -0.25) is 4.79 Å². The molecule has 1 N–H and O–H groups in total. The van der Waals surface area contributed by atoms with Crippen LogP contribution in [0.15, 0.2) is 50.8 Å². The van der Waals surface area contributed by atoms with Gasteiger partial charge in [0.15, 0.2) is 0 Å². The molecule has 128 valence electrons. The van der Waals surface area contributed by atoms with Crippen LogP contribution in [0.1, 0.15) is 19.1 Å².